The van der Waals surface area contributed by atoms with Crippen LogP contribution < -0.4 is 14.2 Å². The summed E-state index contributed by atoms with van der Waals surface area (Å²) >= 11 is 0. The zero-order valence-corrected chi connectivity index (χ0v) is 14.5. The Labute approximate surface area is 158 Å². The summed E-state index contributed by atoms with van der Waals surface area (Å²) in [6.07, 6.45) is -3.98. The fourth-order valence-electron chi connectivity index (χ4n) is 2.32. The molecule has 4 heteroatoms. The van der Waals surface area contributed by atoms with Crippen molar-refractivity contribution in [1.29, 1.82) is 0 Å². The summed E-state index contributed by atoms with van der Waals surface area (Å²) in [5.74, 6) is 0.766. The highest BCUT2D eigenvalue weighted by Crippen LogP contribution is 2.28. The Morgan fingerprint density at radius 2 is 2.08 bits per heavy atom. The van der Waals surface area contributed by atoms with Crippen LogP contribution in [-0.4, -0.2) is 31.9 Å². The van der Waals surface area contributed by atoms with E-state index in [0.29, 0.717) is 11.3 Å². The predicted molar refractivity (Wildman–Crippen MR) is 99.8 cm³/mol. The molecule has 0 aliphatic carbocycles. The topological polar surface area (TPSA) is 47.9 Å². The minimum Gasteiger partial charge on any atom is -0.493 e. The third kappa shape index (κ3) is 6.31. The van der Waals surface area contributed by atoms with Gasteiger partial charge in [-0.3, -0.25) is 0 Å². The van der Waals surface area contributed by atoms with Crippen molar-refractivity contribution in [1.82, 2.24) is 0 Å². The van der Waals surface area contributed by atoms with Gasteiger partial charge in [-0.2, -0.15) is 0 Å². The Hall–Kier alpha value is -2.20. The zero-order chi connectivity index (χ0) is 23.3. The number of benzene rings is 2. The number of aliphatic hydroxyl groups is 1. The van der Waals surface area contributed by atoms with Gasteiger partial charge in [0.25, 0.3) is 0 Å². The van der Waals surface area contributed by atoms with Crippen LogP contribution in [0.2, 0.25) is 0 Å². The van der Waals surface area contributed by atoms with Crippen molar-refractivity contribution in [3.05, 3.63) is 53.6 Å². The number of hydrogen-bond donors (Lipinski definition) is 1. The van der Waals surface area contributed by atoms with Crippen LogP contribution in [0.4, 0.5) is 0 Å². The second-order valence-corrected chi connectivity index (χ2v) is 5.69. The third-order valence-electron chi connectivity index (χ3n) is 3.65. The molecule has 0 spiro atoms. The van der Waals surface area contributed by atoms with Crippen LogP contribution >= 0.6 is 0 Å². The summed E-state index contributed by atoms with van der Waals surface area (Å²) in [7, 11) is -1.28. The lowest BCUT2D eigenvalue weighted by molar-refractivity contribution is 0.0976. The average Bonchev–Trinajstić information content (AvgIpc) is 2.64. The molecule has 1 atom stereocenters. The Morgan fingerprint density at radius 1 is 1.20 bits per heavy atom. The number of hydrogen-bond acceptors (Lipinski definition) is 4. The molecule has 0 aromatic heterocycles. The lowest BCUT2D eigenvalue weighted by atomic mass is 10.0. The van der Waals surface area contributed by atoms with Gasteiger partial charge in [-0.15, -0.1) is 0 Å². The highest BCUT2D eigenvalue weighted by atomic mass is 16.5. The van der Waals surface area contributed by atoms with Gasteiger partial charge in [0.1, 0.15) is 12.4 Å². The summed E-state index contributed by atoms with van der Waals surface area (Å²) < 4.78 is 61.9. The molecule has 0 heterocycles. The van der Waals surface area contributed by atoms with Crippen LogP contribution in [-0.2, 0) is 6.42 Å². The number of rotatable bonds is 10. The third-order valence-corrected chi connectivity index (χ3v) is 3.65. The SMILES string of the molecule is [2H]C([2H])(CCC([2H])(O)COc1cccc(C)c1)Cc1ccc(OC)c(OC([2H])([2H])[2H])c1. The first kappa shape index (κ1) is 12.2. The first-order valence-corrected chi connectivity index (χ1v) is 8.06. The van der Waals surface area contributed by atoms with E-state index in [2.05, 4.69) is 0 Å². The van der Waals surface area contributed by atoms with E-state index in [1.54, 1.807) is 18.2 Å². The van der Waals surface area contributed by atoms with E-state index in [-0.39, 0.29) is 37.4 Å². The van der Waals surface area contributed by atoms with Crippen LogP contribution in [0.15, 0.2) is 42.5 Å². The van der Waals surface area contributed by atoms with E-state index < -0.39 is 19.5 Å². The van der Waals surface area contributed by atoms with Gasteiger partial charge in [0.05, 0.1) is 25.7 Å². The Balaban J connectivity index is 1.98. The van der Waals surface area contributed by atoms with Crippen molar-refractivity contribution in [2.45, 2.75) is 38.6 Å². The molecule has 25 heavy (non-hydrogen) atoms. The normalized spacial score (nSPS) is 17.7. The highest BCUT2D eigenvalue weighted by Gasteiger charge is 2.07. The molecule has 1 unspecified atom stereocenters. The van der Waals surface area contributed by atoms with Crippen LogP contribution in [0.5, 0.6) is 17.2 Å². The molecule has 0 saturated carbocycles. The molecule has 2 rings (SSSR count). The van der Waals surface area contributed by atoms with E-state index >= 15 is 0 Å². The maximum atomic E-state index is 10.3. The summed E-state index contributed by atoms with van der Waals surface area (Å²) in [6.45, 7) is 1.62. The van der Waals surface area contributed by atoms with Crippen LogP contribution in [0.25, 0.3) is 0 Å². The van der Waals surface area contributed by atoms with E-state index in [1.807, 2.05) is 19.1 Å². The van der Waals surface area contributed by atoms with Crippen LogP contribution in [0.1, 0.15) is 38.6 Å². The van der Waals surface area contributed by atoms with Gasteiger partial charge in [0.2, 0.25) is 0 Å². The molecule has 0 aliphatic heterocycles. The number of methoxy groups -OCH3 is 2. The standard InChI is InChI=1S/C21H28O4/c1-16-7-6-10-19(13-16)25-15-18(22)9-5-4-8-17-11-12-20(23-2)21(14-17)24-3/h6-7,10-14,18,22H,4-5,8-9,15H2,1-3H3/i3D3,4D2,18D. The Bertz CT molecular complexity index is 867. The van der Waals surface area contributed by atoms with Gasteiger partial charge in [0.15, 0.2) is 11.5 Å². The fraction of sp³-hybridized carbons (Fsp3) is 0.429. The lowest BCUT2D eigenvalue weighted by Gasteiger charge is -2.13. The number of ether oxygens (including phenoxy) is 3. The first-order valence-electron chi connectivity index (χ1n) is 11.1. The monoisotopic (exact) mass is 350 g/mol. The number of aryl methyl sites for hydroxylation is 2. The van der Waals surface area contributed by atoms with Gasteiger partial charge < -0.3 is 19.3 Å². The molecule has 136 valence electrons. The van der Waals surface area contributed by atoms with Gasteiger partial charge in [-0.25, -0.2) is 0 Å². The second-order valence-electron chi connectivity index (χ2n) is 5.69. The zero-order valence-electron chi connectivity index (χ0n) is 20.5. The molecule has 4 nitrogen and oxygen atoms in total. The van der Waals surface area contributed by atoms with E-state index in [0.717, 1.165) is 5.56 Å². The minimum atomic E-state index is -2.66. The average molecular weight is 350 g/mol. The molecule has 0 bridgehead atoms. The molecule has 2 aromatic carbocycles. The summed E-state index contributed by atoms with van der Waals surface area (Å²) in [5.41, 5.74) is 1.50. The van der Waals surface area contributed by atoms with E-state index in [9.17, 15) is 5.11 Å². The molecule has 0 radical (unpaired) electrons. The molecular formula is C21H28O4. The first-order chi connectivity index (χ1) is 14.3. The smallest absolute Gasteiger partial charge is 0.160 e. The highest BCUT2D eigenvalue weighted by molar-refractivity contribution is 5.42. The van der Waals surface area contributed by atoms with Crippen LogP contribution in [0.3, 0.4) is 0 Å². The maximum absolute atomic E-state index is 10.3. The molecule has 0 fully saturated rings. The van der Waals surface area contributed by atoms with Crippen molar-refractivity contribution in [3.8, 4) is 17.2 Å². The van der Waals surface area contributed by atoms with Crippen molar-refractivity contribution < 1.29 is 27.5 Å². The fourth-order valence-corrected chi connectivity index (χ4v) is 2.32. The molecule has 1 N–H and O–H groups in total. The largest absolute Gasteiger partial charge is 0.493 e. The van der Waals surface area contributed by atoms with Crippen molar-refractivity contribution >= 4 is 0 Å². The van der Waals surface area contributed by atoms with E-state index in [4.69, 9.17) is 22.4 Å². The maximum Gasteiger partial charge on any atom is 0.160 e. The van der Waals surface area contributed by atoms with Gasteiger partial charge >= 0.3 is 0 Å². The summed E-state index contributed by atoms with van der Waals surface area (Å²) in [4.78, 5) is 0. The second kappa shape index (κ2) is 9.94. The molecule has 2 aromatic rings. The minimum absolute atomic E-state index is 0.000601. The lowest BCUT2D eigenvalue weighted by Crippen LogP contribution is -2.17. The van der Waals surface area contributed by atoms with Gasteiger partial charge in [0, 0.05) is 2.74 Å². The molecule has 0 amide bonds. The van der Waals surface area contributed by atoms with Crippen molar-refractivity contribution in [2.75, 3.05) is 20.8 Å². The van der Waals surface area contributed by atoms with Crippen molar-refractivity contribution in [3.63, 3.8) is 0 Å². The Morgan fingerprint density at radius 3 is 2.84 bits per heavy atom. The van der Waals surface area contributed by atoms with E-state index in [1.165, 1.54) is 19.2 Å². The Kier molecular flexibility index (Phi) is 4.85. The molecule has 0 saturated heterocycles. The van der Waals surface area contributed by atoms with Crippen LogP contribution in [0, 0.1) is 6.92 Å². The van der Waals surface area contributed by atoms with Gasteiger partial charge in [-0.1, -0.05) is 24.6 Å². The van der Waals surface area contributed by atoms with Crippen molar-refractivity contribution in [2.24, 2.45) is 0 Å². The quantitative estimate of drug-likeness (QED) is 0.699. The predicted octanol–water partition coefficient (Wildman–Crippen LogP) is 4.16. The molecular weight excluding hydrogens is 316 g/mol. The van der Waals surface area contributed by atoms with Gasteiger partial charge in [-0.05, 0) is 61.5 Å². The molecule has 0 aliphatic rings. The summed E-state index contributed by atoms with van der Waals surface area (Å²) in [5, 5.41) is 10.3. The summed E-state index contributed by atoms with van der Waals surface area (Å²) in [6, 6.07) is 11.8.